The largest absolute Gasteiger partial charge is 0.490 e. The van der Waals surface area contributed by atoms with Crippen LogP contribution in [-0.4, -0.2) is 33.7 Å². The smallest absolute Gasteiger partial charge is 0.475 e. The standard InChI is InChI=1S/C2HF3O2.CH5O3P/c3-2(4,5)1(6)7;1-5(2,3)4/h(H,6,7);1H3,(H2,2,3,4). The fourth-order valence-corrected chi connectivity index (χ4v) is 0. The van der Waals surface area contributed by atoms with Gasteiger partial charge < -0.3 is 14.9 Å². The summed E-state index contributed by atoms with van der Waals surface area (Å²) in [7, 11) is -3.64. The van der Waals surface area contributed by atoms with E-state index >= 15 is 0 Å². The van der Waals surface area contributed by atoms with E-state index in [-0.39, 0.29) is 0 Å². The molecule has 0 bridgehead atoms. The minimum atomic E-state index is -5.08. The fraction of sp³-hybridized carbons (Fsp3) is 0.667. The number of hydrogen-bond acceptors (Lipinski definition) is 2. The Bertz CT molecular complexity index is 184. The van der Waals surface area contributed by atoms with Crippen LogP contribution in [0, 0.1) is 0 Å². The van der Waals surface area contributed by atoms with Gasteiger partial charge in [-0.3, -0.25) is 4.57 Å². The molecule has 0 unspecified atom stereocenters. The average Bonchev–Trinajstić information content (AvgIpc) is 1.55. The number of carbonyl (C=O) groups is 1. The number of carboxylic acids is 1. The van der Waals surface area contributed by atoms with Gasteiger partial charge in [-0.15, -0.1) is 0 Å². The van der Waals surface area contributed by atoms with E-state index in [1.54, 1.807) is 0 Å². The van der Waals surface area contributed by atoms with E-state index in [2.05, 4.69) is 0 Å². The predicted molar refractivity (Wildman–Crippen MR) is 31.7 cm³/mol. The highest BCUT2D eigenvalue weighted by Crippen LogP contribution is 2.26. The maximum atomic E-state index is 10.6. The Labute approximate surface area is 65.0 Å². The number of hydrogen-bond donors (Lipinski definition) is 3. The summed E-state index contributed by atoms with van der Waals surface area (Å²) in [6.45, 7) is 0.854. The normalized spacial score (nSPS) is 11.5. The van der Waals surface area contributed by atoms with E-state index in [4.69, 9.17) is 19.7 Å². The van der Waals surface area contributed by atoms with Crippen LogP contribution in [0.3, 0.4) is 0 Å². The summed E-state index contributed by atoms with van der Waals surface area (Å²) in [5, 5.41) is 7.12. The molecule has 0 rings (SSSR count). The second kappa shape index (κ2) is 4.44. The molecule has 0 fully saturated rings. The van der Waals surface area contributed by atoms with Gasteiger partial charge in [0.15, 0.2) is 0 Å². The molecule has 0 saturated heterocycles. The quantitative estimate of drug-likeness (QED) is 0.504. The van der Waals surface area contributed by atoms with E-state index in [0.29, 0.717) is 0 Å². The Morgan fingerprint density at radius 1 is 1.33 bits per heavy atom. The number of alkyl halides is 3. The lowest BCUT2D eigenvalue weighted by molar-refractivity contribution is -0.192. The van der Waals surface area contributed by atoms with Gasteiger partial charge in [0.25, 0.3) is 0 Å². The molecule has 9 heteroatoms. The van der Waals surface area contributed by atoms with Crippen LogP contribution in [0.15, 0.2) is 0 Å². The summed E-state index contributed by atoms with van der Waals surface area (Å²) in [5.41, 5.74) is 0. The van der Waals surface area contributed by atoms with E-state index in [0.717, 1.165) is 6.66 Å². The lowest BCUT2D eigenvalue weighted by atomic mass is 10.7. The first-order valence-corrected chi connectivity index (χ1v) is 4.33. The maximum Gasteiger partial charge on any atom is 0.490 e. The molecule has 0 atom stereocenters. The summed E-state index contributed by atoms with van der Waals surface area (Å²) < 4.78 is 41.1. The van der Waals surface area contributed by atoms with Gasteiger partial charge in [0, 0.05) is 6.66 Å². The van der Waals surface area contributed by atoms with Crippen molar-refractivity contribution >= 4 is 13.6 Å². The molecule has 0 saturated carbocycles. The number of carboxylic acid groups (broad SMARTS) is 1. The van der Waals surface area contributed by atoms with E-state index < -0.39 is 19.7 Å². The maximum absolute atomic E-state index is 10.6. The molecule has 0 aromatic rings. The van der Waals surface area contributed by atoms with Crippen molar-refractivity contribution in [3.05, 3.63) is 0 Å². The number of rotatable bonds is 0. The van der Waals surface area contributed by atoms with Crippen molar-refractivity contribution in [1.82, 2.24) is 0 Å². The molecule has 0 aromatic carbocycles. The third kappa shape index (κ3) is 22.7. The molecule has 0 aromatic heterocycles. The van der Waals surface area contributed by atoms with Gasteiger partial charge in [0.1, 0.15) is 0 Å². The molecule has 0 aliphatic rings. The molecule has 3 N–H and O–H groups in total. The zero-order chi connectivity index (χ0) is 10.6. The molecule has 74 valence electrons. The molecular weight excluding hydrogens is 204 g/mol. The van der Waals surface area contributed by atoms with Gasteiger partial charge in [-0.2, -0.15) is 13.2 Å². The third-order valence-corrected chi connectivity index (χ3v) is 0.243. The second-order valence-corrected chi connectivity index (χ2v) is 3.31. The Balaban J connectivity index is 0. The zero-order valence-electron chi connectivity index (χ0n) is 5.74. The van der Waals surface area contributed by atoms with Crippen LogP contribution in [0.25, 0.3) is 0 Å². The van der Waals surface area contributed by atoms with Gasteiger partial charge in [0.05, 0.1) is 0 Å². The van der Waals surface area contributed by atoms with Crippen molar-refractivity contribution < 1.29 is 37.4 Å². The summed E-state index contributed by atoms with van der Waals surface area (Å²) in [4.78, 5) is 24.2. The van der Waals surface area contributed by atoms with Crippen LogP contribution >= 0.6 is 7.60 Å². The Hall–Kier alpha value is -0.590. The third-order valence-electron chi connectivity index (χ3n) is 0.243. The highest BCUT2D eigenvalue weighted by molar-refractivity contribution is 7.50. The predicted octanol–water partition coefficient (Wildman–Crippen LogP) is 0.427. The van der Waals surface area contributed by atoms with Crippen molar-refractivity contribution in [2.75, 3.05) is 6.66 Å². The summed E-state index contributed by atoms with van der Waals surface area (Å²) in [6.07, 6.45) is -5.08. The van der Waals surface area contributed by atoms with Crippen molar-refractivity contribution in [3.8, 4) is 0 Å². The molecule has 0 amide bonds. The zero-order valence-corrected chi connectivity index (χ0v) is 6.63. The summed E-state index contributed by atoms with van der Waals surface area (Å²) >= 11 is 0. The number of halogens is 3. The van der Waals surface area contributed by atoms with Crippen LogP contribution < -0.4 is 0 Å². The highest BCUT2D eigenvalue weighted by atomic mass is 31.2. The van der Waals surface area contributed by atoms with Gasteiger partial charge >= 0.3 is 19.7 Å². The molecule has 0 aliphatic carbocycles. The number of aliphatic carboxylic acids is 1. The Kier molecular flexibility index (Phi) is 5.17. The Morgan fingerprint density at radius 3 is 1.42 bits per heavy atom. The van der Waals surface area contributed by atoms with Gasteiger partial charge in [0.2, 0.25) is 0 Å². The topological polar surface area (TPSA) is 94.8 Å². The molecule has 0 heterocycles. The van der Waals surface area contributed by atoms with Gasteiger partial charge in [-0.05, 0) is 0 Å². The molecule has 12 heavy (non-hydrogen) atoms. The average molecular weight is 210 g/mol. The van der Waals surface area contributed by atoms with Gasteiger partial charge in [-0.25, -0.2) is 4.79 Å². The van der Waals surface area contributed by atoms with Crippen molar-refractivity contribution in [2.45, 2.75) is 6.18 Å². The second-order valence-electron chi connectivity index (χ2n) is 1.64. The SMILES string of the molecule is CP(=O)(O)O.O=C(O)C(F)(F)F. The van der Waals surface area contributed by atoms with E-state index in [9.17, 15) is 17.7 Å². The van der Waals surface area contributed by atoms with E-state index in [1.165, 1.54) is 0 Å². The lowest BCUT2D eigenvalue weighted by Crippen LogP contribution is -2.21. The molecule has 5 nitrogen and oxygen atoms in total. The highest BCUT2D eigenvalue weighted by Gasteiger charge is 2.38. The lowest BCUT2D eigenvalue weighted by Gasteiger charge is -1.93. The first-order chi connectivity index (χ1) is 4.94. The first kappa shape index (κ1) is 14.0. The first-order valence-electron chi connectivity index (χ1n) is 2.27. The van der Waals surface area contributed by atoms with Gasteiger partial charge in [-0.1, -0.05) is 0 Å². The minimum absolute atomic E-state index is 0.854. The molecule has 0 radical (unpaired) electrons. The summed E-state index contributed by atoms with van der Waals surface area (Å²) in [6, 6.07) is 0. The van der Waals surface area contributed by atoms with Crippen molar-refractivity contribution in [3.63, 3.8) is 0 Å². The van der Waals surface area contributed by atoms with E-state index in [1.807, 2.05) is 0 Å². The van der Waals surface area contributed by atoms with Crippen LogP contribution in [0.4, 0.5) is 13.2 Å². The van der Waals surface area contributed by atoms with Crippen LogP contribution in [0.1, 0.15) is 0 Å². The minimum Gasteiger partial charge on any atom is -0.475 e. The molecule has 0 spiro atoms. The van der Waals surface area contributed by atoms with Crippen molar-refractivity contribution in [2.24, 2.45) is 0 Å². The summed E-state index contributed by atoms with van der Waals surface area (Å²) in [5.74, 6) is -2.76. The molecule has 0 aliphatic heterocycles. The molecular formula is C3H6F3O5P. The monoisotopic (exact) mass is 210 g/mol. The Morgan fingerprint density at radius 2 is 1.42 bits per heavy atom. The van der Waals surface area contributed by atoms with Crippen molar-refractivity contribution in [1.29, 1.82) is 0 Å². The fourth-order valence-electron chi connectivity index (χ4n) is 0. The van der Waals surface area contributed by atoms with Crippen LogP contribution in [0.2, 0.25) is 0 Å². The van der Waals surface area contributed by atoms with Crippen LogP contribution in [0.5, 0.6) is 0 Å². The van der Waals surface area contributed by atoms with Crippen LogP contribution in [-0.2, 0) is 9.36 Å².